The maximum atomic E-state index is 13.3. The molecule has 0 aliphatic carbocycles. The van der Waals surface area contributed by atoms with Crippen LogP contribution in [-0.2, 0) is 11.3 Å². The summed E-state index contributed by atoms with van der Waals surface area (Å²) in [5.74, 6) is -0.296. The highest BCUT2D eigenvalue weighted by molar-refractivity contribution is 7.21. The van der Waals surface area contributed by atoms with Gasteiger partial charge in [0, 0.05) is 68.7 Å². The van der Waals surface area contributed by atoms with Gasteiger partial charge in [-0.25, -0.2) is 15.0 Å². The van der Waals surface area contributed by atoms with E-state index in [2.05, 4.69) is 26.2 Å². The first-order chi connectivity index (χ1) is 20.6. The highest BCUT2D eigenvalue weighted by Crippen LogP contribution is 2.34. The number of fused-ring (bicyclic) bond motifs is 1. The second kappa shape index (κ2) is 13.1. The van der Waals surface area contributed by atoms with Crippen LogP contribution >= 0.6 is 22.9 Å². The number of hydrogen-bond acceptors (Lipinski definition) is 8. The van der Waals surface area contributed by atoms with Crippen molar-refractivity contribution in [3.63, 3.8) is 0 Å². The number of amides is 1. The molecule has 1 N–H and O–H groups in total. The van der Waals surface area contributed by atoms with E-state index < -0.39 is 0 Å². The number of pyridine rings is 2. The lowest BCUT2D eigenvalue weighted by atomic mass is 10.1. The molecule has 3 aromatic heterocycles. The number of rotatable bonds is 9. The number of nitrogens with zero attached hydrogens (tertiary/aromatic N) is 5. The summed E-state index contributed by atoms with van der Waals surface area (Å²) in [4.78, 5) is 33.3. The molecule has 0 radical (unpaired) electrons. The van der Waals surface area contributed by atoms with Crippen molar-refractivity contribution in [2.45, 2.75) is 6.54 Å². The lowest BCUT2D eigenvalue weighted by Crippen LogP contribution is -2.46. The molecule has 0 atom stereocenters. The molecule has 0 bridgehead atoms. The van der Waals surface area contributed by atoms with Crippen LogP contribution in [0.2, 0.25) is 5.02 Å². The lowest BCUT2D eigenvalue weighted by molar-refractivity contribution is 0.0938. The van der Waals surface area contributed by atoms with Gasteiger partial charge in [0.1, 0.15) is 21.0 Å². The van der Waals surface area contributed by atoms with Crippen molar-refractivity contribution in [3.8, 4) is 21.8 Å². The first kappa shape index (κ1) is 28.4. The number of ether oxygens (including phenoxy) is 1. The summed E-state index contributed by atoms with van der Waals surface area (Å²) in [5.41, 5.74) is 5.37. The predicted octanol–water partition coefficient (Wildman–Crippen LogP) is 6.09. The number of para-hydroxylation sites is 1. The largest absolute Gasteiger partial charge is 0.383 e. The molecule has 1 amide bonds. The summed E-state index contributed by atoms with van der Waals surface area (Å²) >= 11 is 7.67. The first-order valence-corrected chi connectivity index (χ1v) is 15.1. The van der Waals surface area contributed by atoms with E-state index >= 15 is 0 Å². The van der Waals surface area contributed by atoms with Crippen LogP contribution in [-0.4, -0.2) is 77.1 Å². The minimum Gasteiger partial charge on any atom is -0.383 e. The van der Waals surface area contributed by atoms with Crippen molar-refractivity contribution in [1.82, 2.24) is 24.8 Å². The minimum absolute atomic E-state index is 0.296. The molecule has 5 aromatic rings. The number of anilines is 1. The molecule has 0 saturated carbocycles. The average molecular weight is 599 g/mol. The second-order valence-electron chi connectivity index (χ2n) is 10.2. The normalized spacial score (nSPS) is 14.3. The van der Waals surface area contributed by atoms with Crippen LogP contribution in [0.25, 0.3) is 32.2 Å². The van der Waals surface area contributed by atoms with Gasteiger partial charge in [0.25, 0.3) is 5.91 Å². The van der Waals surface area contributed by atoms with Crippen LogP contribution < -0.4 is 5.32 Å². The standard InChI is InChI=1S/C32H31ClN6O2S/c1-41-17-16-38-12-14-39(15-13-38)21-22-18-29-32(34-20-22)42-31(37-29)25-8-2-3-9-27(25)36-30(40)28-11-5-10-26(35-28)23-6-4-7-24(33)19-23/h2-11,18-20H,12-17,21H2,1H3,(H,36,40). The quantitative estimate of drug-likeness (QED) is 0.220. The molecule has 4 heterocycles. The van der Waals surface area contributed by atoms with Crippen LogP contribution in [0, 0.1) is 0 Å². The summed E-state index contributed by atoms with van der Waals surface area (Å²) in [6.45, 7) is 6.73. The smallest absolute Gasteiger partial charge is 0.274 e. The van der Waals surface area contributed by atoms with Crippen molar-refractivity contribution >= 4 is 44.9 Å². The number of carbonyl (C=O) groups excluding carboxylic acids is 1. The van der Waals surface area contributed by atoms with Crippen LogP contribution in [0.1, 0.15) is 16.1 Å². The van der Waals surface area contributed by atoms with Gasteiger partial charge in [0.15, 0.2) is 0 Å². The van der Waals surface area contributed by atoms with Crippen molar-refractivity contribution in [2.75, 3.05) is 51.8 Å². The first-order valence-electron chi connectivity index (χ1n) is 13.9. The molecule has 1 aliphatic rings. The molecule has 42 heavy (non-hydrogen) atoms. The lowest BCUT2D eigenvalue weighted by Gasteiger charge is -2.34. The average Bonchev–Trinajstić information content (AvgIpc) is 3.44. The van der Waals surface area contributed by atoms with Gasteiger partial charge in [0.05, 0.1) is 18.0 Å². The van der Waals surface area contributed by atoms with Gasteiger partial charge in [-0.3, -0.25) is 14.6 Å². The van der Waals surface area contributed by atoms with E-state index in [9.17, 15) is 4.79 Å². The van der Waals surface area contributed by atoms with Crippen LogP contribution in [0.3, 0.4) is 0 Å². The van der Waals surface area contributed by atoms with Crippen molar-refractivity contribution in [3.05, 3.63) is 95.3 Å². The molecule has 6 rings (SSSR count). The maximum Gasteiger partial charge on any atom is 0.274 e. The Morgan fingerprint density at radius 2 is 1.79 bits per heavy atom. The number of aromatic nitrogens is 3. The Morgan fingerprint density at radius 1 is 0.976 bits per heavy atom. The van der Waals surface area contributed by atoms with Crippen molar-refractivity contribution < 1.29 is 9.53 Å². The number of nitrogens with one attached hydrogen (secondary N) is 1. The van der Waals surface area contributed by atoms with Gasteiger partial charge in [-0.05, 0) is 48.0 Å². The van der Waals surface area contributed by atoms with E-state index in [1.165, 1.54) is 11.3 Å². The molecule has 1 aliphatic heterocycles. The molecule has 2 aromatic carbocycles. The summed E-state index contributed by atoms with van der Waals surface area (Å²) < 4.78 is 5.21. The molecule has 8 nitrogen and oxygen atoms in total. The van der Waals surface area contributed by atoms with Gasteiger partial charge in [-0.2, -0.15) is 0 Å². The Labute approximate surface area is 254 Å². The van der Waals surface area contributed by atoms with E-state index in [4.69, 9.17) is 26.3 Å². The van der Waals surface area contributed by atoms with E-state index in [0.717, 1.165) is 77.9 Å². The third kappa shape index (κ3) is 6.67. The van der Waals surface area contributed by atoms with Crippen LogP contribution in [0.4, 0.5) is 5.69 Å². The predicted molar refractivity (Wildman–Crippen MR) is 169 cm³/mol. The zero-order valence-electron chi connectivity index (χ0n) is 23.3. The van der Waals surface area contributed by atoms with Gasteiger partial charge in [-0.15, -0.1) is 0 Å². The number of piperazine rings is 1. The number of halogens is 1. The van der Waals surface area contributed by atoms with Gasteiger partial charge in [0.2, 0.25) is 0 Å². The Kier molecular flexibility index (Phi) is 8.83. The fraction of sp³-hybridized carbons (Fsp3) is 0.250. The zero-order valence-corrected chi connectivity index (χ0v) is 24.9. The van der Waals surface area contributed by atoms with Crippen LogP contribution in [0.15, 0.2) is 79.0 Å². The Hall–Kier alpha value is -3.73. The van der Waals surface area contributed by atoms with E-state index in [-0.39, 0.29) is 5.91 Å². The SMILES string of the molecule is COCCN1CCN(Cc2cnc3sc(-c4ccccc4NC(=O)c4cccc(-c5cccc(Cl)c5)n4)nc3c2)CC1. The number of benzene rings is 2. The van der Waals surface area contributed by atoms with Gasteiger partial charge in [-0.1, -0.05) is 53.3 Å². The molecule has 1 fully saturated rings. The second-order valence-corrected chi connectivity index (χ2v) is 11.6. The fourth-order valence-electron chi connectivity index (χ4n) is 5.05. The topological polar surface area (TPSA) is 83.5 Å². The highest BCUT2D eigenvalue weighted by Gasteiger charge is 2.19. The highest BCUT2D eigenvalue weighted by atomic mass is 35.5. The van der Waals surface area contributed by atoms with Crippen molar-refractivity contribution in [2.24, 2.45) is 0 Å². The maximum absolute atomic E-state index is 13.3. The Morgan fingerprint density at radius 3 is 2.62 bits per heavy atom. The summed E-state index contributed by atoms with van der Waals surface area (Å²) in [6.07, 6.45) is 1.95. The number of hydrogen-bond donors (Lipinski definition) is 1. The third-order valence-corrected chi connectivity index (χ3v) is 8.54. The zero-order chi connectivity index (χ0) is 28.9. The van der Waals surface area contributed by atoms with E-state index in [1.54, 1.807) is 13.2 Å². The molecule has 1 saturated heterocycles. The van der Waals surface area contributed by atoms with Gasteiger partial charge >= 0.3 is 0 Å². The summed E-state index contributed by atoms with van der Waals surface area (Å²) in [7, 11) is 1.75. The molecule has 0 spiro atoms. The number of thiazole rings is 1. The fourth-order valence-corrected chi connectivity index (χ4v) is 6.17. The monoisotopic (exact) mass is 598 g/mol. The number of carbonyl (C=O) groups is 1. The van der Waals surface area contributed by atoms with Crippen molar-refractivity contribution in [1.29, 1.82) is 0 Å². The third-order valence-electron chi connectivity index (χ3n) is 7.29. The molecular formula is C32H31ClN6O2S. The summed E-state index contributed by atoms with van der Waals surface area (Å²) in [5, 5.41) is 4.46. The van der Waals surface area contributed by atoms with E-state index in [1.807, 2.05) is 66.9 Å². The molecular weight excluding hydrogens is 568 g/mol. The van der Waals surface area contributed by atoms with Gasteiger partial charge < -0.3 is 10.1 Å². The Balaban J connectivity index is 1.17. The molecule has 214 valence electrons. The van der Waals surface area contributed by atoms with E-state index in [0.29, 0.717) is 22.1 Å². The summed E-state index contributed by atoms with van der Waals surface area (Å²) in [6, 6.07) is 22.6. The molecule has 10 heteroatoms. The molecule has 0 unspecified atom stereocenters. The van der Waals surface area contributed by atoms with Crippen LogP contribution in [0.5, 0.6) is 0 Å². The number of methoxy groups -OCH3 is 1. The minimum atomic E-state index is -0.296. The Bertz CT molecular complexity index is 1700.